The fraction of sp³-hybridized carbons (Fsp3) is 0.867. The first kappa shape index (κ1) is 17.8. The van der Waals surface area contributed by atoms with Gasteiger partial charge in [-0.2, -0.15) is 0 Å². The third-order valence-electron chi connectivity index (χ3n) is 3.63. The van der Waals surface area contributed by atoms with E-state index in [2.05, 4.69) is 5.32 Å². The minimum absolute atomic E-state index is 0.0194. The molecule has 1 saturated carbocycles. The maximum absolute atomic E-state index is 12.4. The minimum atomic E-state index is -0.519. The van der Waals surface area contributed by atoms with Crippen LogP contribution in [0.15, 0.2) is 0 Å². The fourth-order valence-electron chi connectivity index (χ4n) is 2.74. The van der Waals surface area contributed by atoms with Crippen LogP contribution in [0, 0.1) is 0 Å². The molecule has 1 aliphatic carbocycles. The fourth-order valence-corrected chi connectivity index (χ4v) is 2.74. The lowest BCUT2D eigenvalue weighted by Crippen LogP contribution is -2.56. The van der Waals surface area contributed by atoms with Crippen LogP contribution in [-0.4, -0.2) is 47.7 Å². The number of hydrogen-bond donors (Lipinski definition) is 2. The van der Waals surface area contributed by atoms with Crippen molar-refractivity contribution in [3.8, 4) is 0 Å². The predicted octanol–water partition coefficient (Wildman–Crippen LogP) is 1.63. The van der Waals surface area contributed by atoms with Crippen molar-refractivity contribution in [3.63, 3.8) is 0 Å². The van der Waals surface area contributed by atoms with E-state index >= 15 is 0 Å². The van der Waals surface area contributed by atoms with Gasteiger partial charge in [-0.15, -0.1) is 0 Å². The van der Waals surface area contributed by atoms with E-state index in [9.17, 15) is 9.59 Å². The Balaban J connectivity index is 2.79. The van der Waals surface area contributed by atoms with Crippen LogP contribution in [0.25, 0.3) is 0 Å². The van der Waals surface area contributed by atoms with E-state index in [1.807, 2.05) is 27.7 Å². The number of amides is 2. The largest absolute Gasteiger partial charge is 0.444 e. The molecule has 2 atom stereocenters. The second kappa shape index (κ2) is 7.64. The van der Waals surface area contributed by atoms with E-state index in [4.69, 9.17) is 10.5 Å². The molecule has 0 aromatic heterocycles. The maximum Gasteiger partial charge on any atom is 0.410 e. The summed E-state index contributed by atoms with van der Waals surface area (Å²) in [6, 6.07) is -0.0589. The van der Waals surface area contributed by atoms with Crippen molar-refractivity contribution in [2.45, 2.75) is 71.1 Å². The van der Waals surface area contributed by atoms with Gasteiger partial charge in [-0.25, -0.2) is 4.79 Å². The van der Waals surface area contributed by atoms with Crippen molar-refractivity contribution >= 4 is 12.0 Å². The van der Waals surface area contributed by atoms with Crippen molar-refractivity contribution in [2.24, 2.45) is 5.73 Å². The van der Waals surface area contributed by atoms with Crippen molar-refractivity contribution in [3.05, 3.63) is 0 Å². The Hall–Kier alpha value is -1.30. The molecule has 21 heavy (non-hydrogen) atoms. The Morgan fingerprint density at radius 1 is 1.29 bits per heavy atom. The van der Waals surface area contributed by atoms with Gasteiger partial charge in [-0.1, -0.05) is 12.8 Å². The molecule has 6 heteroatoms. The zero-order valence-electron chi connectivity index (χ0n) is 13.6. The molecular weight excluding hydrogens is 270 g/mol. The summed E-state index contributed by atoms with van der Waals surface area (Å²) >= 11 is 0. The van der Waals surface area contributed by atoms with Crippen LogP contribution in [0.3, 0.4) is 0 Å². The molecule has 1 rings (SSSR count). The highest BCUT2D eigenvalue weighted by Crippen LogP contribution is 2.25. The van der Waals surface area contributed by atoms with Gasteiger partial charge in [0.2, 0.25) is 5.91 Å². The van der Waals surface area contributed by atoms with Crippen LogP contribution in [-0.2, 0) is 9.53 Å². The van der Waals surface area contributed by atoms with Crippen LogP contribution in [0.2, 0.25) is 0 Å². The molecule has 6 nitrogen and oxygen atoms in total. The maximum atomic E-state index is 12.4. The summed E-state index contributed by atoms with van der Waals surface area (Å²) in [7, 11) is 0. The summed E-state index contributed by atoms with van der Waals surface area (Å²) in [4.78, 5) is 25.6. The molecule has 1 fully saturated rings. The van der Waals surface area contributed by atoms with E-state index in [-0.39, 0.29) is 30.6 Å². The molecule has 1 aliphatic rings. The molecule has 0 spiro atoms. The Kier molecular flexibility index (Phi) is 6.45. The van der Waals surface area contributed by atoms with Gasteiger partial charge >= 0.3 is 6.09 Å². The number of nitrogens with two attached hydrogens (primary N) is 1. The summed E-state index contributed by atoms with van der Waals surface area (Å²) in [6.45, 7) is 8.03. The predicted molar refractivity (Wildman–Crippen MR) is 81.9 cm³/mol. The van der Waals surface area contributed by atoms with Gasteiger partial charge in [0.25, 0.3) is 0 Å². The quantitative estimate of drug-likeness (QED) is 0.826. The zero-order chi connectivity index (χ0) is 16.0. The van der Waals surface area contributed by atoms with Crippen molar-refractivity contribution in [1.29, 1.82) is 0 Å². The number of ether oxygens (including phenoxy) is 1. The summed E-state index contributed by atoms with van der Waals surface area (Å²) in [6.07, 6.45) is 3.54. The Morgan fingerprint density at radius 3 is 2.43 bits per heavy atom. The van der Waals surface area contributed by atoms with Gasteiger partial charge < -0.3 is 20.7 Å². The van der Waals surface area contributed by atoms with Crippen molar-refractivity contribution in [1.82, 2.24) is 10.2 Å². The van der Waals surface area contributed by atoms with E-state index in [0.29, 0.717) is 6.54 Å². The van der Waals surface area contributed by atoms with Crippen molar-refractivity contribution < 1.29 is 14.3 Å². The van der Waals surface area contributed by atoms with Gasteiger partial charge in [0.15, 0.2) is 0 Å². The van der Waals surface area contributed by atoms with Crippen LogP contribution < -0.4 is 11.1 Å². The summed E-state index contributed by atoms with van der Waals surface area (Å²) in [5.41, 5.74) is 4.85. The van der Waals surface area contributed by atoms with E-state index in [1.54, 1.807) is 4.90 Å². The third-order valence-corrected chi connectivity index (χ3v) is 3.63. The lowest BCUT2D eigenvalue weighted by Gasteiger charge is -2.40. The second-order valence-electron chi connectivity index (χ2n) is 6.50. The lowest BCUT2D eigenvalue weighted by molar-refractivity contribution is -0.121. The summed E-state index contributed by atoms with van der Waals surface area (Å²) in [5.74, 6) is -0.174. The molecule has 0 bridgehead atoms. The average Bonchev–Trinajstić information content (AvgIpc) is 2.39. The first-order valence-electron chi connectivity index (χ1n) is 7.77. The molecule has 0 saturated heterocycles. The molecule has 0 aliphatic heterocycles. The van der Waals surface area contributed by atoms with Gasteiger partial charge in [-0.05, 0) is 40.5 Å². The molecule has 0 radical (unpaired) electrons. The zero-order valence-corrected chi connectivity index (χ0v) is 13.6. The highest BCUT2D eigenvalue weighted by molar-refractivity contribution is 5.78. The lowest BCUT2D eigenvalue weighted by atomic mass is 9.89. The second-order valence-corrected chi connectivity index (χ2v) is 6.50. The van der Waals surface area contributed by atoms with Crippen molar-refractivity contribution in [2.75, 3.05) is 13.1 Å². The van der Waals surface area contributed by atoms with Gasteiger partial charge in [-0.3, -0.25) is 4.79 Å². The SMILES string of the molecule is CCN(C(=O)OC(C)(C)C)[C@H]1CCCC[C@@H]1NC(=O)CN. The van der Waals surface area contributed by atoms with Gasteiger partial charge in [0.1, 0.15) is 5.60 Å². The molecular formula is C15H29N3O3. The van der Waals surface area contributed by atoms with Gasteiger partial charge in [0, 0.05) is 12.6 Å². The summed E-state index contributed by atoms with van der Waals surface area (Å²) < 4.78 is 5.47. The van der Waals surface area contributed by atoms with Gasteiger partial charge in [0.05, 0.1) is 12.6 Å². The van der Waals surface area contributed by atoms with Crippen LogP contribution in [0.4, 0.5) is 4.79 Å². The number of hydrogen-bond acceptors (Lipinski definition) is 4. The standard InChI is InChI=1S/C15H29N3O3/c1-5-18(14(20)21-15(2,3)4)12-9-7-6-8-11(12)17-13(19)10-16/h11-12H,5-10,16H2,1-4H3,(H,17,19)/t11-,12-/m0/s1. The number of likely N-dealkylation sites (N-methyl/N-ethyl adjacent to an activating group) is 1. The third kappa shape index (κ3) is 5.53. The number of nitrogens with zero attached hydrogens (tertiary/aromatic N) is 1. The topological polar surface area (TPSA) is 84.7 Å². The van der Waals surface area contributed by atoms with E-state index in [1.165, 1.54) is 0 Å². The summed E-state index contributed by atoms with van der Waals surface area (Å²) in [5, 5.41) is 2.94. The molecule has 0 aromatic rings. The number of nitrogens with one attached hydrogen (secondary N) is 1. The highest BCUT2D eigenvalue weighted by atomic mass is 16.6. The Labute approximate surface area is 127 Å². The first-order valence-corrected chi connectivity index (χ1v) is 7.77. The van der Waals surface area contributed by atoms with Crippen LogP contribution in [0.1, 0.15) is 53.4 Å². The van der Waals surface area contributed by atoms with E-state index < -0.39 is 5.60 Å². The Morgan fingerprint density at radius 2 is 1.90 bits per heavy atom. The number of rotatable bonds is 4. The molecule has 2 amide bonds. The molecule has 0 heterocycles. The minimum Gasteiger partial charge on any atom is -0.444 e. The molecule has 0 unspecified atom stereocenters. The monoisotopic (exact) mass is 299 g/mol. The van der Waals surface area contributed by atoms with Crippen LogP contribution in [0.5, 0.6) is 0 Å². The first-order chi connectivity index (χ1) is 9.78. The molecule has 122 valence electrons. The smallest absolute Gasteiger partial charge is 0.410 e. The highest BCUT2D eigenvalue weighted by Gasteiger charge is 2.34. The van der Waals surface area contributed by atoms with Crippen LogP contribution >= 0.6 is 0 Å². The molecule has 3 N–H and O–H groups in total. The Bertz CT molecular complexity index is 366. The number of carbonyl (C=O) groups excluding carboxylic acids is 2. The average molecular weight is 299 g/mol. The normalized spacial score (nSPS) is 22.5. The molecule has 0 aromatic carbocycles. The number of carbonyl (C=O) groups is 2. The van der Waals surface area contributed by atoms with E-state index in [0.717, 1.165) is 25.7 Å².